The van der Waals surface area contributed by atoms with Gasteiger partial charge in [0.25, 0.3) is 0 Å². The molecular weight excluding hydrogens is 271 g/mol. The number of hydrogen-bond donors (Lipinski definition) is 1. The van der Waals surface area contributed by atoms with Crippen LogP contribution in [0.5, 0.6) is 0 Å². The quantitative estimate of drug-likeness (QED) is 0.910. The van der Waals surface area contributed by atoms with Crippen LogP contribution in [0.25, 0.3) is 0 Å². The van der Waals surface area contributed by atoms with Crippen molar-refractivity contribution in [1.82, 2.24) is 9.80 Å². The highest BCUT2D eigenvalue weighted by atomic mass is 19.1. The minimum absolute atomic E-state index is 0.219. The predicted molar refractivity (Wildman–Crippen MR) is 68.9 cm³/mol. The van der Waals surface area contributed by atoms with Gasteiger partial charge in [-0.05, 0) is 7.05 Å². The van der Waals surface area contributed by atoms with E-state index in [1.807, 2.05) is 7.05 Å². The number of nitrogens with zero attached hydrogens (tertiary/aromatic N) is 2. The van der Waals surface area contributed by atoms with Crippen LogP contribution in [0.2, 0.25) is 0 Å². The summed E-state index contributed by atoms with van der Waals surface area (Å²) in [4.78, 5) is 15.6. The maximum Gasteiger partial charge on any atom is 0.241 e. The van der Waals surface area contributed by atoms with Crippen molar-refractivity contribution in [2.75, 3.05) is 45.1 Å². The number of amides is 1. The Labute approximate surface area is 115 Å². The first-order valence-electron chi connectivity index (χ1n) is 6.32. The average molecular weight is 287 g/mol. The van der Waals surface area contributed by atoms with Gasteiger partial charge in [-0.3, -0.25) is 4.79 Å². The van der Waals surface area contributed by atoms with Crippen LogP contribution in [0.15, 0.2) is 12.1 Å². The van der Waals surface area contributed by atoms with Gasteiger partial charge in [-0.15, -0.1) is 0 Å². The third kappa shape index (κ3) is 3.41. The molecule has 110 valence electrons. The Balaban J connectivity index is 1.94. The number of piperazine rings is 1. The Kier molecular flexibility index (Phi) is 4.49. The zero-order valence-electron chi connectivity index (χ0n) is 11.1. The van der Waals surface area contributed by atoms with Gasteiger partial charge in [-0.25, -0.2) is 13.2 Å². The summed E-state index contributed by atoms with van der Waals surface area (Å²) in [5, 5.41) is 2.40. The van der Waals surface area contributed by atoms with E-state index in [1.54, 1.807) is 4.90 Å². The fourth-order valence-electron chi connectivity index (χ4n) is 2.04. The fourth-order valence-corrected chi connectivity index (χ4v) is 2.04. The van der Waals surface area contributed by atoms with E-state index in [-0.39, 0.29) is 12.5 Å². The third-order valence-electron chi connectivity index (χ3n) is 3.28. The minimum atomic E-state index is -1.05. The van der Waals surface area contributed by atoms with Gasteiger partial charge < -0.3 is 15.1 Å². The van der Waals surface area contributed by atoms with E-state index in [2.05, 4.69) is 10.2 Å². The van der Waals surface area contributed by atoms with Gasteiger partial charge in [0.05, 0.1) is 6.54 Å². The second-order valence-corrected chi connectivity index (χ2v) is 4.78. The number of benzene rings is 1. The van der Waals surface area contributed by atoms with Crippen molar-refractivity contribution in [2.24, 2.45) is 0 Å². The molecule has 1 fully saturated rings. The molecule has 1 aromatic rings. The Morgan fingerprint density at radius 2 is 1.70 bits per heavy atom. The van der Waals surface area contributed by atoms with E-state index in [0.717, 1.165) is 13.1 Å². The highest BCUT2D eigenvalue weighted by Crippen LogP contribution is 2.19. The molecule has 1 saturated heterocycles. The number of rotatable bonds is 3. The van der Waals surface area contributed by atoms with Crippen molar-refractivity contribution < 1.29 is 18.0 Å². The Morgan fingerprint density at radius 1 is 1.15 bits per heavy atom. The van der Waals surface area contributed by atoms with Crippen molar-refractivity contribution in [1.29, 1.82) is 0 Å². The monoisotopic (exact) mass is 287 g/mol. The normalized spacial score (nSPS) is 16.3. The molecule has 0 unspecified atom stereocenters. The van der Waals surface area contributed by atoms with Crippen molar-refractivity contribution in [2.45, 2.75) is 0 Å². The zero-order chi connectivity index (χ0) is 14.7. The van der Waals surface area contributed by atoms with Crippen LogP contribution in [0.4, 0.5) is 18.9 Å². The molecular formula is C13H16F3N3O. The summed E-state index contributed by atoms with van der Waals surface area (Å²) in [5.74, 6) is -3.32. The van der Waals surface area contributed by atoms with Gasteiger partial charge >= 0.3 is 0 Å². The van der Waals surface area contributed by atoms with Gasteiger partial charge in [0.1, 0.15) is 11.5 Å². The van der Waals surface area contributed by atoms with E-state index in [4.69, 9.17) is 0 Å². The summed E-state index contributed by atoms with van der Waals surface area (Å²) >= 11 is 0. The first-order chi connectivity index (χ1) is 9.47. The molecule has 1 heterocycles. The van der Waals surface area contributed by atoms with Crippen LogP contribution in [0.3, 0.4) is 0 Å². The Hall–Kier alpha value is -1.76. The number of carbonyl (C=O) groups excluding carboxylic acids is 1. The van der Waals surface area contributed by atoms with Gasteiger partial charge in [-0.1, -0.05) is 0 Å². The van der Waals surface area contributed by atoms with Crippen LogP contribution < -0.4 is 5.32 Å². The molecule has 1 aromatic carbocycles. The topological polar surface area (TPSA) is 35.6 Å². The lowest BCUT2D eigenvalue weighted by molar-refractivity contribution is -0.130. The highest BCUT2D eigenvalue weighted by molar-refractivity contribution is 5.81. The van der Waals surface area contributed by atoms with Crippen molar-refractivity contribution in [3.05, 3.63) is 29.6 Å². The SMILES string of the molecule is CN1CCN(C(=O)CNc2c(F)cc(F)cc2F)CC1. The summed E-state index contributed by atoms with van der Waals surface area (Å²) in [6, 6.07) is 1.15. The molecule has 1 amide bonds. The zero-order valence-corrected chi connectivity index (χ0v) is 11.1. The summed E-state index contributed by atoms with van der Waals surface area (Å²) in [6.45, 7) is 2.50. The molecule has 1 aliphatic heterocycles. The second kappa shape index (κ2) is 6.13. The van der Waals surface area contributed by atoms with Crippen LogP contribution in [-0.2, 0) is 4.79 Å². The minimum Gasteiger partial charge on any atom is -0.371 e. The molecule has 0 saturated carbocycles. The fraction of sp³-hybridized carbons (Fsp3) is 0.462. The van der Waals surface area contributed by atoms with Gasteiger partial charge in [0, 0.05) is 38.3 Å². The van der Waals surface area contributed by atoms with Crippen molar-refractivity contribution in [3.63, 3.8) is 0 Å². The molecule has 2 rings (SSSR count). The number of halogens is 3. The molecule has 0 spiro atoms. The lowest BCUT2D eigenvalue weighted by atomic mass is 10.2. The van der Waals surface area contributed by atoms with Gasteiger partial charge in [0.15, 0.2) is 11.6 Å². The van der Waals surface area contributed by atoms with Crippen molar-refractivity contribution in [3.8, 4) is 0 Å². The summed E-state index contributed by atoms with van der Waals surface area (Å²) in [7, 11) is 1.96. The lowest BCUT2D eigenvalue weighted by Crippen LogP contribution is -2.48. The van der Waals surface area contributed by atoms with Crippen LogP contribution in [0, 0.1) is 17.5 Å². The first kappa shape index (κ1) is 14.6. The van der Waals surface area contributed by atoms with Gasteiger partial charge in [0.2, 0.25) is 5.91 Å². The number of carbonyl (C=O) groups is 1. The van der Waals surface area contributed by atoms with Crippen LogP contribution in [0.1, 0.15) is 0 Å². The molecule has 0 aromatic heterocycles. The Morgan fingerprint density at radius 3 is 2.25 bits per heavy atom. The predicted octanol–water partition coefficient (Wildman–Crippen LogP) is 1.29. The largest absolute Gasteiger partial charge is 0.371 e. The summed E-state index contributed by atoms with van der Waals surface area (Å²) in [5.41, 5.74) is -0.478. The summed E-state index contributed by atoms with van der Waals surface area (Å²) in [6.07, 6.45) is 0. The molecule has 1 N–H and O–H groups in total. The highest BCUT2D eigenvalue weighted by Gasteiger charge is 2.19. The van der Waals surface area contributed by atoms with Crippen LogP contribution >= 0.6 is 0 Å². The number of likely N-dealkylation sites (N-methyl/N-ethyl adjacent to an activating group) is 1. The molecule has 7 heteroatoms. The smallest absolute Gasteiger partial charge is 0.241 e. The Bertz CT molecular complexity index is 479. The van der Waals surface area contributed by atoms with E-state index in [1.165, 1.54) is 0 Å². The number of anilines is 1. The number of nitrogens with one attached hydrogen (secondary N) is 1. The molecule has 0 atom stereocenters. The summed E-state index contributed by atoms with van der Waals surface area (Å²) < 4.78 is 39.5. The van der Waals surface area contributed by atoms with E-state index < -0.39 is 23.1 Å². The molecule has 1 aliphatic rings. The molecule has 0 aliphatic carbocycles. The number of hydrogen-bond acceptors (Lipinski definition) is 3. The molecule has 4 nitrogen and oxygen atoms in total. The van der Waals surface area contributed by atoms with E-state index in [0.29, 0.717) is 25.2 Å². The van der Waals surface area contributed by atoms with Crippen LogP contribution in [-0.4, -0.2) is 55.5 Å². The lowest BCUT2D eigenvalue weighted by Gasteiger charge is -2.32. The third-order valence-corrected chi connectivity index (χ3v) is 3.28. The standard InChI is InChI=1S/C13H16F3N3O/c1-18-2-4-19(5-3-18)12(20)8-17-13-10(15)6-9(14)7-11(13)16/h6-7,17H,2-5,8H2,1H3. The maximum atomic E-state index is 13.4. The molecule has 20 heavy (non-hydrogen) atoms. The van der Waals surface area contributed by atoms with Crippen molar-refractivity contribution >= 4 is 11.6 Å². The molecule has 0 bridgehead atoms. The average Bonchev–Trinajstić information content (AvgIpc) is 2.38. The van der Waals surface area contributed by atoms with E-state index in [9.17, 15) is 18.0 Å². The first-order valence-corrected chi connectivity index (χ1v) is 6.32. The van der Waals surface area contributed by atoms with Gasteiger partial charge in [-0.2, -0.15) is 0 Å². The van der Waals surface area contributed by atoms with E-state index >= 15 is 0 Å². The second-order valence-electron chi connectivity index (χ2n) is 4.78. The molecule has 0 radical (unpaired) electrons. The maximum absolute atomic E-state index is 13.4.